The molecule has 228 valence electrons. The van der Waals surface area contributed by atoms with Crippen molar-refractivity contribution in [1.29, 1.82) is 0 Å². The highest BCUT2D eigenvalue weighted by molar-refractivity contribution is 5.81. The van der Waals surface area contributed by atoms with Crippen LogP contribution in [0.5, 0.6) is 0 Å². The molecule has 2 amide bonds. The molecular formula is C32H54N2O6. The van der Waals surface area contributed by atoms with Crippen LogP contribution in [0.25, 0.3) is 0 Å². The summed E-state index contributed by atoms with van der Waals surface area (Å²) < 4.78 is 9.93. The Balaban J connectivity index is 2.06. The Kier molecular flexibility index (Phi) is 21.4. The molecule has 1 rings (SSSR count). The molecule has 0 aromatic carbocycles. The molecule has 8 heteroatoms. The van der Waals surface area contributed by atoms with E-state index in [-0.39, 0.29) is 35.8 Å². The molecule has 1 fully saturated rings. The zero-order valence-corrected chi connectivity index (χ0v) is 24.7. The van der Waals surface area contributed by atoms with E-state index in [0.29, 0.717) is 26.1 Å². The maximum Gasteiger partial charge on any atom is 0.330 e. The predicted octanol–water partition coefficient (Wildman–Crippen LogP) is 6.23. The highest BCUT2D eigenvalue weighted by Gasteiger charge is 2.27. The largest absolute Gasteiger partial charge is 0.463 e. The molecule has 8 nitrogen and oxygen atoms in total. The van der Waals surface area contributed by atoms with Gasteiger partial charge in [0, 0.05) is 37.1 Å². The predicted molar refractivity (Wildman–Crippen MR) is 159 cm³/mol. The fraction of sp³-hybridized carbons (Fsp3) is 0.750. The second kappa shape index (κ2) is 24.2. The van der Waals surface area contributed by atoms with Crippen molar-refractivity contribution in [3.8, 4) is 0 Å². The topological polar surface area (TPSA) is 111 Å². The number of amides is 2. The molecule has 1 saturated carbocycles. The lowest BCUT2D eigenvalue weighted by Gasteiger charge is -2.33. The van der Waals surface area contributed by atoms with Crippen molar-refractivity contribution in [2.24, 2.45) is 0 Å². The summed E-state index contributed by atoms with van der Waals surface area (Å²) in [4.78, 5) is 47.0. The minimum absolute atomic E-state index is 0.0335. The smallest absolute Gasteiger partial charge is 0.330 e. The lowest BCUT2D eigenvalue weighted by atomic mass is 9.90. The molecule has 0 saturated heterocycles. The SMILES string of the molecule is C=CC(=O)OCCCCCCCCCC(=O)N[C@H]1CCCC[C@@H]1NC(=O)CCCCCCCCCOC(=O)C=C. The maximum atomic E-state index is 12.5. The van der Waals surface area contributed by atoms with Gasteiger partial charge in [0.05, 0.1) is 13.2 Å². The lowest BCUT2D eigenvalue weighted by molar-refractivity contribution is -0.138. The molecule has 2 N–H and O–H groups in total. The van der Waals surface area contributed by atoms with Crippen LogP contribution in [-0.2, 0) is 28.7 Å². The molecule has 1 aliphatic rings. The zero-order chi connectivity index (χ0) is 29.3. The van der Waals surface area contributed by atoms with Crippen LogP contribution in [0.4, 0.5) is 0 Å². The Morgan fingerprint density at radius 1 is 0.550 bits per heavy atom. The highest BCUT2D eigenvalue weighted by Crippen LogP contribution is 2.20. The van der Waals surface area contributed by atoms with E-state index in [2.05, 4.69) is 23.8 Å². The Bertz CT molecular complexity index is 692. The third kappa shape index (κ3) is 19.4. The third-order valence-electron chi connectivity index (χ3n) is 7.38. The van der Waals surface area contributed by atoms with Crippen LogP contribution < -0.4 is 10.6 Å². The number of esters is 2. The van der Waals surface area contributed by atoms with Crippen molar-refractivity contribution in [1.82, 2.24) is 10.6 Å². The second-order valence-corrected chi connectivity index (χ2v) is 10.8. The highest BCUT2D eigenvalue weighted by atomic mass is 16.5. The summed E-state index contributed by atoms with van der Waals surface area (Å²) in [6.45, 7) is 7.66. The molecule has 40 heavy (non-hydrogen) atoms. The van der Waals surface area contributed by atoms with Crippen LogP contribution in [0.3, 0.4) is 0 Å². The molecule has 0 heterocycles. The van der Waals surface area contributed by atoms with Gasteiger partial charge in [0.1, 0.15) is 0 Å². The maximum absolute atomic E-state index is 12.5. The van der Waals surface area contributed by atoms with Crippen molar-refractivity contribution in [2.75, 3.05) is 13.2 Å². The molecule has 0 aromatic heterocycles. The van der Waals surface area contributed by atoms with Gasteiger partial charge in [-0.1, -0.05) is 90.2 Å². The number of ether oxygens (including phenoxy) is 2. The van der Waals surface area contributed by atoms with E-state index in [9.17, 15) is 19.2 Å². The first-order chi connectivity index (χ1) is 19.5. The van der Waals surface area contributed by atoms with Crippen molar-refractivity contribution in [3.05, 3.63) is 25.3 Å². The number of unbranched alkanes of at least 4 members (excludes halogenated alkanes) is 12. The Morgan fingerprint density at radius 3 is 1.23 bits per heavy atom. The van der Waals surface area contributed by atoms with Crippen LogP contribution in [0.15, 0.2) is 25.3 Å². The minimum atomic E-state index is -0.363. The fourth-order valence-electron chi connectivity index (χ4n) is 5.04. The quantitative estimate of drug-likeness (QED) is 0.0820. The van der Waals surface area contributed by atoms with Crippen LogP contribution in [-0.4, -0.2) is 49.1 Å². The first-order valence-corrected chi connectivity index (χ1v) is 15.6. The standard InChI is InChI=1S/C32H54N2O6/c1-3-31(37)39-25-19-13-9-5-7-11-15-23-29(35)33-27-21-17-18-22-28(27)34-30(36)24-16-12-8-6-10-14-20-26-40-32(38)4-2/h3-4,27-28H,1-2,5-26H2,(H,33,35)(H,34,36)/t27-,28-/m0/s1. The van der Waals surface area contributed by atoms with Gasteiger partial charge in [0.2, 0.25) is 11.8 Å². The van der Waals surface area contributed by atoms with E-state index >= 15 is 0 Å². The molecule has 2 atom stereocenters. The molecule has 0 spiro atoms. The number of hydrogen-bond acceptors (Lipinski definition) is 6. The van der Waals surface area contributed by atoms with Gasteiger partial charge in [-0.3, -0.25) is 9.59 Å². The average molecular weight is 563 g/mol. The van der Waals surface area contributed by atoms with Gasteiger partial charge >= 0.3 is 11.9 Å². The Labute approximate surface area is 242 Å². The van der Waals surface area contributed by atoms with E-state index in [1.54, 1.807) is 0 Å². The Morgan fingerprint density at radius 2 is 0.875 bits per heavy atom. The van der Waals surface area contributed by atoms with Gasteiger partial charge in [-0.25, -0.2) is 9.59 Å². The van der Waals surface area contributed by atoms with Gasteiger partial charge in [-0.15, -0.1) is 0 Å². The molecule has 0 unspecified atom stereocenters. The van der Waals surface area contributed by atoms with Crippen molar-refractivity contribution in [2.45, 2.75) is 141 Å². The summed E-state index contributed by atoms with van der Waals surface area (Å²) in [7, 11) is 0. The first kappa shape index (κ1) is 35.4. The normalized spacial score (nSPS) is 16.5. The first-order valence-electron chi connectivity index (χ1n) is 15.6. The summed E-state index contributed by atoms with van der Waals surface area (Å²) in [5.74, 6) is -0.543. The monoisotopic (exact) mass is 562 g/mol. The minimum Gasteiger partial charge on any atom is -0.463 e. The Hall–Kier alpha value is -2.64. The van der Waals surface area contributed by atoms with E-state index in [1.807, 2.05) is 0 Å². The number of hydrogen-bond donors (Lipinski definition) is 2. The zero-order valence-electron chi connectivity index (χ0n) is 24.7. The van der Waals surface area contributed by atoms with Crippen LogP contribution >= 0.6 is 0 Å². The van der Waals surface area contributed by atoms with E-state index < -0.39 is 0 Å². The van der Waals surface area contributed by atoms with Crippen LogP contribution in [0, 0.1) is 0 Å². The average Bonchev–Trinajstić information content (AvgIpc) is 2.95. The summed E-state index contributed by atoms with van der Waals surface area (Å²) in [5, 5.41) is 6.39. The van der Waals surface area contributed by atoms with Gasteiger partial charge in [-0.2, -0.15) is 0 Å². The van der Waals surface area contributed by atoms with Crippen LogP contribution in [0.2, 0.25) is 0 Å². The van der Waals surface area contributed by atoms with Gasteiger partial charge in [0.25, 0.3) is 0 Å². The number of carbonyl (C=O) groups is 4. The van der Waals surface area contributed by atoms with Crippen LogP contribution in [0.1, 0.15) is 128 Å². The molecule has 0 bridgehead atoms. The second-order valence-electron chi connectivity index (χ2n) is 10.8. The summed E-state index contributed by atoms with van der Waals surface area (Å²) in [6.07, 6.45) is 21.8. The van der Waals surface area contributed by atoms with Crippen molar-refractivity contribution in [3.63, 3.8) is 0 Å². The number of carbonyl (C=O) groups excluding carboxylic acids is 4. The fourth-order valence-corrected chi connectivity index (χ4v) is 5.04. The molecule has 0 aromatic rings. The van der Waals surface area contributed by atoms with E-state index in [0.717, 1.165) is 116 Å². The number of rotatable bonds is 24. The van der Waals surface area contributed by atoms with Crippen molar-refractivity contribution >= 4 is 23.8 Å². The van der Waals surface area contributed by atoms with Gasteiger partial charge in [-0.05, 0) is 38.5 Å². The van der Waals surface area contributed by atoms with Gasteiger partial charge < -0.3 is 20.1 Å². The molecule has 1 aliphatic carbocycles. The molecule has 0 radical (unpaired) electrons. The van der Waals surface area contributed by atoms with E-state index in [1.165, 1.54) is 12.2 Å². The summed E-state index contributed by atoms with van der Waals surface area (Å²) in [5.41, 5.74) is 0. The molecule has 0 aliphatic heterocycles. The summed E-state index contributed by atoms with van der Waals surface area (Å²) >= 11 is 0. The summed E-state index contributed by atoms with van der Waals surface area (Å²) in [6, 6.07) is 0.0669. The van der Waals surface area contributed by atoms with Crippen molar-refractivity contribution < 1.29 is 28.7 Å². The van der Waals surface area contributed by atoms with Gasteiger partial charge in [0.15, 0.2) is 0 Å². The lowest BCUT2D eigenvalue weighted by Crippen LogP contribution is -2.53. The third-order valence-corrected chi connectivity index (χ3v) is 7.38. The van der Waals surface area contributed by atoms with E-state index in [4.69, 9.17) is 9.47 Å². The molecular weight excluding hydrogens is 508 g/mol. The number of nitrogens with one attached hydrogen (secondary N) is 2.